The Morgan fingerprint density at radius 3 is 2.68 bits per heavy atom. The molecule has 0 spiro atoms. The van der Waals surface area contributed by atoms with Crippen LogP contribution in [0.15, 0.2) is 17.1 Å². The second kappa shape index (κ2) is 6.04. The standard InChI is InChI=1S/C15H23N3O3S/c1-11-8-14(9-16-15(11)19)17-22(20,21)18-7-6-12-4-2-3-5-13(12)10-18/h8-9,12-13,17H,2-7,10H2,1H3,(H,16,19). The van der Waals surface area contributed by atoms with Crippen molar-refractivity contribution in [1.29, 1.82) is 0 Å². The van der Waals surface area contributed by atoms with Gasteiger partial charge in [-0.05, 0) is 37.7 Å². The molecule has 122 valence electrons. The molecule has 7 heteroatoms. The number of nitrogens with one attached hydrogen (secondary N) is 2. The number of anilines is 1. The molecule has 22 heavy (non-hydrogen) atoms. The maximum Gasteiger partial charge on any atom is 0.301 e. The second-order valence-corrected chi connectivity index (χ2v) is 8.13. The summed E-state index contributed by atoms with van der Waals surface area (Å²) < 4.78 is 29.2. The van der Waals surface area contributed by atoms with E-state index in [1.54, 1.807) is 17.3 Å². The molecular formula is C15H23N3O3S. The van der Waals surface area contributed by atoms with Gasteiger partial charge in [0, 0.05) is 24.8 Å². The Kier molecular flexibility index (Phi) is 4.27. The third-order valence-electron chi connectivity index (χ3n) is 4.93. The van der Waals surface area contributed by atoms with E-state index >= 15 is 0 Å². The van der Waals surface area contributed by atoms with E-state index in [0.29, 0.717) is 36.2 Å². The van der Waals surface area contributed by atoms with E-state index < -0.39 is 10.2 Å². The van der Waals surface area contributed by atoms with Crippen LogP contribution in [-0.2, 0) is 10.2 Å². The van der Waals surface area contributed by atoms with Gasteiger partial charge in [0.05, 0.1) is 5.69 Å². The van der Waals surface area contributed by atoms with Crippen molar-refractivity contribution in [2.24, 2.45) is 11.8 Å². The second-order valence-electron chi connectivity index (χ2n) is 6.46. The van der Waals surface area contributed by atoms with Crippen LogP contribution in [0.4, 0.5) is 5.69 Å². The normalized spacial score (nSPS) is 26.4. The van der Waals surface area contributed by atoms with E-state index in [-0.39, 0.29) is 5.56 Å². The summed E-state index contributed by atoms with van der Waals surface area (Å²) in [6.45, 7) is 2.85. The number of aromatic nitrogens is 1. The molecular weight excluding hydrogens is 302 g/mol. The smallest absolute Gasteiger partial charge is 0.301 e. The first-order valence-corrected chi connectivity index (χ1v) is 9.37. The molecule has 2 N–H and O–H groups in total. The van der Waals surface area contributed by atoms with Crippen LogP contribution in [0.2, 0.25) is 0 Å². The van der Waals surface area contributed by atoms with Crippen LogP contribution >= 0.6 is 0 Å². The number of nitrogens with zero attached hydrogens (tertiary/aromatic N) is 1. The Labute approximate surface area is 131 Å². The molecule has 1 aliphatic carbocycles. The zero-order valence-electron chi connectivity index (χ0n) is 12.8. The van der Waals surface area contributed by atoms with Gasteiger partial charge in [0.2, 0.25) is 0 Å². The van der Waals surface area contributed by atoms with Gasteiger partial charge in [-0.3, -0.25) is 9.52 Å². The fourth-order valence-electron chi connectivity index (χ4n) is 3.66. The zero-order chi connectivity index (χ0) is 15.7. The maximum atomic E-state index is 12.5. The van der Waals surface area contributed by atoms with Crippen LogP contribution in [0.25, 0.3) is 0 Å². The van der Waals surface area contributed by atoms with Crippen molar-refractivity contribution in [3.8, 4) is 0 Å². The molecule has 1 saturated heterocycles. The lowest BCUT2D eigenvalue weighted by molar-refractivity contribution is 0.137. The highest BCUT2D eigenvalue weighted by atomic mass is 32.2. The number of pyridine rings is 1. The molecule has 2 atom stereocenters. The highest BCUT2D eigenvalue weighted by molar-refractivity contribution is 7.90. The van der Waals surface area contributed by atoms with Gasteiger partial charge in [-0.25, -0.2) is 0 Å². The summed E-state index contributed by atoms with van der Waals surface area (Å²) in [5.74, 6) is 1.19. The molecule has 0 amide bonds. The average Bonchev–Trinajstić information content (AvgIpc) is 2.50. The minimum absolute atomic E-state index is 0.203. The lowest BCUT2D eigenvalue weighted by atomic mass is 9.76. The predicted molar refractivity (Wildman–Crippen MR) is 86.0 cm³/mol. The molecule has 1 aromatic heterocycles. The Hall–Kier alpha value is -1.34. The Morgan fingerprint density at radius 1 is 1.23 bits per heavy atom. The summed E-state index contributed by atoms with van der Waals surface area (Å²) in [7, 11) is -3.56. The van der Waals surface area contributed by atoms with E-state index in [0.717, 1.165) is 12.8 Å². The summed E-state index contributed by atoms with van der Waals surface area (Å²) >= 11 is 0. The molecule has 6 nitrogen and oxygen atoms in total. The number of rotatable bonds is 3. The zero-order valence-corrected chi connectivity index (χ0v) is 13.7. The van der Waals surface area contributed by atoms with Gasteiger partial charge in [-0.15, -0.1) is 0 Å². The molecule has 2 aliphatic rings. The van der Waals surface area contributed by atoms with Crippen LogP contribution < -0.4 is 10.3 Å². The minimum atomic E-state index is -3.56. The van der Waals surface area contributed by atoms with Gasteiger partial charge in [0.25, 0.3) is 5.56 Å². The van der Waals surface area contributed by atoms with Gasteiger partial charge < -0.3 is 4.98 Å². The minimum Gasteiger partial charge on any atom is -0.327 e. The number of hydrogen-bond donors (Lipinski definition) is 2. The predicted octanol–water partition coefficient (Wildman–Crippen LogP) is 1.85. The lowest BCUT2D eigenvalue weighted by Crippen LogP contribution is -2.46. The molecule has 2 fully saturated rings. The Bertz CT molecular complexity index is 698. The maximum absolute atomic E-state index is 12.5. The number of H-pyrrole nitrogens is 1. The van der Waals surface area contributed by atoms with E-state index in [9.17, 15) is 13.2 Å². The van der Waals surface area contributed by atoms with E-state index in [2.05, 4.69) is 9.71 Å². The molecule has 1 saturated carbocycles. The molecule has 2 heterocycles. The summed E-state index contributed by atoms with van der Waals surface area (Å²) in [4.78, 5) is 13.9. The largest absolute Gasteiger partial charge is 0.327 e. The van der Waals surface area contributed by atoms with Gasteiger partial charge in [0.15, 0.2) is 0 Å². The molecule has 0 aromatic carbocycles. The number of fused-ring (bicyclic) bond motifs is 1. The van der Waals surface area contributed by atoms with Crippen molar-refractivity contribution in [2.45, 2.75) is 39.0 Å². The molecule has 1 aromatic rings. The van der Waals surface area contributed by atoms with Crippen LogP contribution in [0.5, 0.6) is 0 Å². The Balaban J connectivity index is 1.72. The van der Waals surface area contributed by atoms with Crippen molar-refractivity contribution in [3.05, 3.63) is 28.2 Å². The summed E-state index contributed by atoms with van der Waals surface area (Å²) in [5, 5.41) is 0. The van der Waals surface area contributed by atoms with Gasteiger partial charge in [-0.1, -0.05) is 19.3 Å². The average molecular weight is 325 g/mol. The monoisotopic (exact) mass is 325 g/mol. The highest BCUT2D eigenvalue weighted by Gasteiger charge is 2.35. The number of aryl methyl sites for hydroxylation is 1. The summed E-state index contributed by atoms with van der Waals surface area (Å²) in [6, 6.07) is 1.56. The lowest BCUT2D eigenvalue weighted by Gasteiger charge is -2.40. The third-order valence-corrected chi connectivity index (χ3v) is 6.43. The first-order chi connectivity index (χ1) is 10.5. The molecule has 3 rings (SSSR count). The van der Waals surface area contributed by atoms with Crippen LogP contribution in [0, 0.1) is 18.8 Å². The van der Waals surface area contributed by atoms with Gasteiger partial charge in [0.1, 0.15) is 0 Å². The first-order valence-electron chi connectivity index (χ1n) is 7.93. The Morgan fingerprint density at radius 2 is 1.95 bits per heavy atom. The summed E-state index contributed by atoms with van der Waals surface area (Å²) in [6.07, 6.45) is 7.22. The van der Waals surface area contributed by atoms with Crippen LogP contribution in [0.1, 0.15) is 37.7 Å². The molecule has 0 bridgehead atoms. The van der Waals surface area contributed by atoms with Gasteiger partial charge in [-0.2, -0.15) is 12.7 Å². The van der Waals surface area contributed by atoms with Crippen LogP contribution in [-0.4, -0.2) is 30.8 Å². The van der Waals surface area contributed by atoms with E-state index in [1.165, 1.54) is 25.5 Å². The van der Waals surface area contributed by atoms with Crippen molar-refractivity contribution >= 4 is 15.9 Å². The quantitative estimate of drug-likeness (QED) is 0.890. The number of hydrogen-bond acceptors (Lipinski definition) is 3. The summed E-state index contributed by atoms with van der Waals surface area (Å²) in [5.41, 5.74) is 0.694. The van der Waals surface area contributed by atoms with E-state index in [1.807, 2.05) is 0 Å². The fourth-order valence-corrected chi connectivity index (χ4v) is 4.93. The highest BCUT2D eigenvalue weighted by Crippen LogP contribution is 2.36. The third kappa shape index (κ3) is 3.20. The number of aromatic amines is 1. The molecule has 0 radical (unpaired) electrons. The van der Waals surface area contributed by atoms with Crippen molar-refractivity contribution in [1.82, 2.24) is 9.29 Å². The number of piperidine rings is 1. The molecule has 2 unspecified atom stereocenters. The fraction of sp³-hybridized carbons (Fsp3) is 0.667. The van der Waals surface area contributed by atoms with E-state index in [4.69, 9.17) is 0 Å². The van der Waals surface area contributed by atoms with Crippen LogP contribution in [0.3, 0.4) is 0 Å². The molecule has 1 aliphatic heterocycles. The van der Waals surface area contributed by atoms with Crippen molar-refractivity contribution in [2.75, 3.05) is 17.8 Å². The van der Waals surface area contributed by atoms with Gasteiger partial charge >= 0.3 is 10.2 Å². The first kappa shape index (κ1) is 15.6. The topological polar surface area (TPSA) is 82.3 Å². The van der Waals surface area contributed by atoms with Crippen molar-refractivity contribution in [3.63, 3.8) is 0 Å². The SMILES string of the molecule is Cc1cc(NS(=O)(=O)N2CCC3CCCCC3C2)c[nH]c1=O. The van der Waals surface area contributed by atoms with Crippen molar-refractivity contribution < 1.29 is 8.42 Å².